The van der Waals surface area contributed by atoms with Crippen LogP contribution in [0, 0.1) is 16.2 Å². The van der Waals surface area contributed by atoms with E-state index in [4.69, 9.17) is 66.3 Å². The number of aliphatic hydroxyl groups is 1. The number of esters is 8. The zero-order valence-corrected chi connectivity index (χ0v) is 47.2. The highest BCUT2D eigenvalue weighted by atomic mass is 79.9. The van der Waals surface area contributed by atoms with Crippen LogP contribution in [0.2, 0.25) is 0 Å². The largest absolute Gasteiger partial charge is 0.463 e. The van der Waals surface area contributed by atoms with Gasteiger partial charge in [-0.3, -0.25) is 33.6 Å². The number of aliphatic hydroxyl groups excluding tert-OH is 1. The fraction of sp³-hybridized carbons (Fsp3) is 0.731. The van der Waals surface area contributed by atoms with Crippen molar-refractivity contribution >= 4 is 63.7 Å². The number of hydrogen-bond acceptors (Lipinski definition) is 23. The SMILES string of the molecule is CC(=O)OC[C@H]1O[C@@H](O[C@@H]2[C@@H](O[C@@H]3OC[C@@H](OC(=O)C(C)(C)C)[C@H](OC(=O)C(C)(C)C)[C@H]3OC(=O)C(C)(C)C)[C@H](C)O[C@@H](OCCCC(O)CBr)[C@@H]2OC(=O)c2ccccc2)[C@H](OC(C)=O)[C@@H](OC(C)=O)[C@@H]1OC(C)=O. The summed E-state index contributed by atoms with van der Waals surface area (Å²) in [5.74, 6) is -6.79. The van der Waals surface area contributed by atoms with Crippen LogP contribution in [0.5, 0.6) is 0 Å². The van der Waals surface area contributed by atoms with Gasteiger partial charge in [0.1, 0.15) is 24.9 Å². The van der Waals surface area contributed by atoms with Crippen LogP contribution in [0.4, 0.5) is 0 Å². The highest BCUT2D eigenvalue weighted by Gasteiger charge is 2.59. The molecule has 3 aliphatic rings. The minimum Gasteiger partial charge on any atom is -0.463 e. The predicted octanol–water partition coefficient (Wildman–Crippen LogP) is 4.59. The monoisotopic (exact) mass is 1150 g/mol. The lowest BCUT2D eigenvalue weighted by atomic mass is 9.94. The molecular formula is C52H75BrO23. The van der Waals surface area contributed by atoms with Gasteiger partial charge in [-0.2, -0.15) is 0 Å². The molecule has 76 heavy (non-hydrogen) atoms. The molecule has 1 unspecified atom stereocenters. The van der Waals surface area contributed by atoms with Gasteiger partial charge in [-0.25, -0.2) is 4.79 Å². The van der Waals surface area contributed by atoms with Crippen LogP contribution in [-0.2, 0) is 99.9 Å². The number of hydrogen-bond donors (Lipinski definition) is 1. The van der Waals surface area contributed by atoms with Crippen LogP contribution in [-0.4, -0.2) is 170 Å². The van der Waals surface area contributed by atoms with Crippen molar-refractivity contribution in [3.05, 3.63) is 35.9 Å². The zero-order valence-electron chi connectivity index (χ0n) is 45.6. The summed E-state index contributed by atoms with van der Waals surface area (Å²) in [5.41, 5.74) is -3.33. The fourth-order valence-electron chi connectivity index (χ4n) is 7.69. The van der Waals surface area contributed by atoms with Crippen LogP contribution in [0.3, 0.4) is 0 Å². The smallest absolute Gasteiger partial charge is 0.338 e. The van der Waals surface area contributed by atoms with Crippen molar-refractivity contribution in [2.75, 3.05) is 25.2 Å². The Balaban J connectivity index is 2.00. The van der Waals surface area contributed by atoms with Gasteiger partial charge >= 0.3 is 47.8 Å². The number of halogens is 1. The summed E-state index contributed by atoms with van der Waals surface area (Å²) in [5, 5.41) is 10.6. The van der Waals surface area contributed by atoms with Crippen molar-refractivity contribution in [1.29, 1.82) is 0 Å². The molecule has 0 aromatic heterocycles. The second-order valence-corrected chi connectivity index (χ2v) is 22.3. The van der Waals surface area contributed by atoms with Crippen molar-refractivity contribution < 1.29 is 110 Å². The zero-order chi connectivity index (χ0) is 57.0. The summed E-state index contributed by atoms with van der Waals surface area (Å²) in [6.45, 7) is 18.9. The van der Waals surface area contributed by atoms with Crippen molar-refractivity contribution in [3.8, 4) is 0 Å². The second-order valence-electron chi connectivity index (χ2n) is 21.7. The lowest BCUT2D eigenvalue weighted by Gasteiger charge is -2.50. The lowest BCUT2D eigenvalue weighted by Crippen LogP contribution is -2.68. The molecule has 3 aliphatic heterocycles. The molecule has 3 heterocycles. The maximum Gasteiger partial charge on any atom is 0.338 e. The molecule has 1 N–H and O–H groups in total. The Morgan fingerprint density at radius 3 is 1.63 bits per heavy atom. The van der Waals surface area contributed by atoms with Crippen LogP contribution in [0.25, 0.3) is 0 Å². The van der Waals surface area contributed by atoms with E-state index in [1.807, 2.05) is 0 Å². The van der Waals surface area contributed by atoms with Crippen molar-refractivity contribution in [3.63, 3.8) is 0 Å². The van der Waals surface area contributed by atoms with Gasteiger partial charge in [0.15, 0.2) is 61.6 Å². The summed E-state index contributed by atoms with van der Waals surface area (Å²) < 4.78 is 85.8. The molecule has 1 aromatic carbocycles. The molecule has 0 amide bonds. The van der Waals surface area contributed by atoms with Crippen LogP contribution in [0.1, 0.15) is 120 Å². The van der Waals surface area contributed by atoms with E-state index in [0.29, 0.717) is 0 Å². The third-order valence-electron chi connectivity index (χ3n) is 11.6. The van der Waals surface area contributed by atoms with Gasteiger partial charge in [0.2, 0.25) is 0 Å². The first-order valence-corrected chi connectivity index (χ1v) is 26.1. The molecule has 3 saturated heterocycles. The molecular weight excluding hydrogens is 1070 g/mol. The molecule has 0 radical (unpaired) electrons. The number of carbonyl (C=O) groups excluding carboxylic acids is 8. The maximum absolute atomic E-state index is 14.3. The molecule has 15 atom stereocenters. The molecule has 1 aromatic rings. The molecule has 0 bridgehead atoms. The van der Waals surface area contributed by atoms with Crippen LogP contribution in [0.15, 0.2) is 30.3 Å². The first kappa shape index (κ1) is 63.7. The Labute approximate surface area is 451 Å². The van der Waals surface area contributed by atoms with E-state index in [0.717, 1.165) is 27.7 Å². The Morgan fingerprint density at radius 2 is 1.09 bits per heavy atom. The van der Waals surface area contributed by atoms with Gasteiger partial charge in [-0.1, -0.05) is 34.1 Å². The summed E-state index contributed by atoms with van der Waals surface area (Å²) in [4.78, 5) is 106. The lowest BCUT2D eigenvalue weighted by molar-refractivity contribution is -0.379. The second kappa shape index (κ2) is 27.7. The summed E-state index contributed by atoms with van der Waals surface area (Å²) >= 11 is 3.25. The number of benzene rings is 1. The van der Waals surface area contributed by atoms with Gasteiger partial charge in [0.05, 0.1) is 47.2 Å². The van der Waals surface area contributed by atoms with E-state index >= 15 is 0 Å². The highest BCUT2D eigenvalue weighted by molar-refractivity contribution is 9.09. The van der Waals surface area contributed by atoms with E-state index in [-0.39, 0.29) is 30.3 Å². The third kappa shape index (κ3) is 18.4. The highest BCUT2D eigenvalue weighted by Crippen LogP contribution is 2.39. The number of alkyl halides is 1. The van der Waals surface area contributed by atoms with Crippen molar-refractivity contribution in [2.45, 2.75) is 202 Å². The topological polar surface area (TPSA) is 286 Å². The average molecular weight is 1150 g/mol. The number of rotatable bonds is 20. The number of ether oxygens (including phenoxy) is 14. The molecule has 0 saturated carbocycles. The van der Waals surface area contributed by atoms with Crippen molar-refractivity contribution in [1.82, 2.24) is 0 Å². The van der Waals surface area contributed by atoms with Crippen molar-refractivity contribution in [2.24, 2.45) is 16.2 Å². The summed E-state index contributed by atoms with van der Waals surface area (Å²) in [6, 6.07) is 7.79. The van der Waals surface area contributed by atoms with E-state index in [2.05, 4.69) is 15.9 Å². The normalized spacial score (nSPS) is 29.4. The van der Waals surface area contributed by atoms with Crippen LogP contribution < -0.4 is 0 Å². The molecule has 23 nitrogen and oxygen atoms in total. The Hall–Kier alpha value is -4.82. The first-order valence-electron chi connectivity index (χ1n) is 25.0. The molecule has 428 valence electrons. The van der Waals surface area contributed by atoms with Gasteiger partial charge in [0, 0.05) is 33.0 Å². The standard InChI is InChI=1S/C52H75BrO23/c1-26-35(73-45-40(76-49(62)52(12,13)14)37(75-48(61)51(9,10)11)34(25-65-45)71-47(60)50(6,7)8)38(41(72-43(59)31-19-16-15-17-20-31)44(66-26)63-22-18-21-32(58)23-53)74-46-42(69-30(5)57)39(68-29(4)56)36(67-28(3)55)33(70-46)24-64-27(2)54/h15-17,19-20,26,32-42,44-46,58H,18,21-25H2,1-14H3/t26-,32?,33+,34+,35-,36+,37-,38+,39-,40+,41+,42+,44+,45-,46-/m0/s1. The summed E-state index contributed by atoms with van der Waals surface area (Å²) in [6.07, 6.45) is -22.9. The third-order valence-corrected chi connectivity index (χ3v) is 12.4. The molecule has 3 fully saturated rings. The summed E-state index contributed by atoms with van der Waals surface area (Å²) in [7, 11) is 0. The van der Waals surface area contributed by atoms with Gasteiger partial charge in [-0.05, 0) is 94.2 Å². The van der Waals surface area contributed by atoms with E-state index < -0.39 is 169 Å². The predicted molar refractivity (Wildman–Crippen MR) is 264 cm³/mol. The minimum absolute atomic E-state index is 0.0629. The minimum atomic E-state index is -1.92. The molecule has 0 aliphatic carbocycles. The van der Waals surface area contributed by atoms with Crippen LogP contribution >= 0.6 is 15.9 Å². The molecule has 0 spiro atoms. The van der Waals surface area contributed by atoms with E-state index in [9.17, 15) is 43.5 Å². The molecule has 4 rings (SSSR count). The fourth-order valence-corrected chi connectivity index (χ4v) is 8.01. The van der Waals surface area contributed by atoms with E-state index in [1.54, 1.807) is 80.5 Å². The van der Waals surface area contributed by atoms with Gasteiger partial charge in [-0.15, -0.1) is 0 Å². The molecule has 24 heteroatoms. The quantitative estimate of drug-likeness (QED) is 0.0808. The maximum atomic E-state index is 14.3. The Bertz CT molecular complexity index is 2150. The van der Waals surface area contributed by atoms with Gasteiger partial charge < -0.3 is 71.4 Å². The Kier molecular flexibility index (Phi) is 23.2. The average Bonchev–Trinajstić information content (AvgIpc) is 3.31. The number of carbonyl (C=O) groups is 8. The van der Waals surface area contributed by atoms with Gasteiger partial charge in [0.25, 0.3) is 0 Å². The van der Waals surface area contributed by atoms with E-state index in [1.165, 1.54) is 19.1 Å². The Morgan fingerprint density at radius 1 is 0.592 bits per heavy atom. The first-order chi connectivity index (χ1) is 35.3.